The SMILES string of the molecule is Cc1ccc(O[C@H]2C[C@@H]3CN(CC(=O)c4ccc(O)cn4)C[C@]3(C)C2)c(F)c1. The van der Waals surface area contributed by atoms with E-state index in [4.69, 9.17) is 4.74 Å². The number of aromatic nitrogens is 1. The van der Waals surface area contributed by atoms with Gasteiger partial charge in [0.25, 0.3) is 0 Å². The fourth-order valence-corrected chi connectivity index (χ4v) is 4.67. The van der Waals surface area contributed by atoms with Crippen molar-refractivity contribution in [3.05, 3.63) is 53.6 Å². The van der Waals surface area contributed by atoms with Gasteiger partial charge >= 0.3 is 0 Å². The van der Waals surface area contributed by atoms with Gasteiger partial charge in [-0.15, -0.1) is 0 Å². The van der Waals surface area contributed by atoms with Crippen molar-refractivity contribution in [1.82, 2.24) is 9.88 Å². The molecule has 6 heteroatoms. The Kier molecular flexibility index (Phi) is 4.83. The Balaban J connectivity index is 1.35. The van der Waals surface area contributed by atoms with Crippen molar-refractivity contribution < 1.29 is 19.0 Å². The Labute approximate surface area is 164 Å². The number of carbonyl (C=O) groups is 1. The van der Waals surface area contributed by atoms with Crippen molar-refractivity contribution in [3.8, 4) is 11.5 Å². The van der Waals surface area contributed by atoms with Crippen molar-refractivity contribution >= 4 is 5.78 Å². The molecule has 0 spiro atoms. The van der Waals surface area contributed by atoms with E-state index < -0.39 is 0 Å². The number of carbonyl (C=O) groups excluding carboxylic acids is 1. The first kappa shape index (κ1) is 18.9. The van der Waals surface area contributed by atoms with E-state index in [9.17, 15) is 14.3 Å². The molecule has 1 aliphatic carbocycles. The highest BCUT2D eigenvalue weighted by Crippen LogP contribution is 2.49. The van der Waals surface area contributed by atoms with E-state index in [2.05, 4.69) is 16.8 Å². The quantitative estimate of drug-likeness (QED) is 0.798. The number of aryl methyl sites for hydroxylation is 1. The van der Waals surface area contributed by atoms with Gasteiger partial charge in [-0.05, 0) is 60.9 Å². The Morgan fingerprint density at radius 1 is 1.39 bits per heavy atom. The highest BCUT2D eigenvalue weighted by molar-refractivity contribution is 5.95. The first-order valence-corrected chi connectivity index (χ1v) is 9.66. The molecule has 0 radical (unpaired) electrons. The summed E-state index contributed by atoms with van der Waals surface area (Å²) in [6.07, 6.45) is 3.02. The van der Waals surface area contributed by atoms with Crippen LogP contribution in [0.15, 0.2) is 36.5 Å². The van der Waals surface area contributed by atoms with Crippen LogP contribution < -0.4 is 4.74 Å². The largest absolute Gasteiger partial charge is 0.506 e. The summed E-state index contributed by atoms with van der Waals surface area (Å²) in [4.78, 5) is 18.6. The van der Waals surface area contributed by atoms with E-state index in [1.54, 1.807) is 12.1 Å². The summed E-state index contributed by atoms with van der Waals surface area (Å²) in [6, 6.07) is 8.09. The number of benzene rings is 1. The molecule has 3 atom stereocenters. The number of nitrogens with zero attached hydrogens (tertiary/aromatic N) is 2. The Hall–Kier alpha value is -2.47. The second kappa shape index (κ2) is 7.17. The molecule has 2 aliphatic rings. The second-order valence-electron chi connectivity index (χ2n) is 8.46. The molecule has 2 heterocycles. The van der Waals surface area contributed by atoms with Crippen molar-refractivity contribution in [2.24, 2.45) is 11.3 Å². The van der Waals surface area contributed by atoms with E-state index in [-0.39, 0.29) is 28.9 Å². The highest BCUT2D eigenvalue weighted by atomic mass is 19.1. The molecule has 2 fully saturated rings. The minimum atomic E-state index is -0.309. The lowest BCUT2D eigenvalue weighted by molar-refractivity contribution is 0.0925. The van der Waals surface area contributed by atoms with Crippen molar-refractivity contribution in [2.75, 3.05) is 19.6 Å². The lowest BCUT2D eigenvalue weighted by atomic mass is 9.83. The molecule has 28 heavy (non-hydrogen) atoms. The van der Waals surface area contributed by atoms with Crippen LogP contribution in [0.2, 0.25) is 0 Å². The maximum Gasteiger partial charge on any atom is 0.195 e. The van der Waals surface area contributed by atoms with Gasteiger partial charge in [-0.1, -0.05) is 13.0 Å². The fraction of sp³-hybridized carbons (Fsp3) is 0.455. The molecule has 4 rings (SSSR count). The van der Waals surface area contributed by atoms with E-state index in [0.29, 0.717) is 23.9 Å². The van der Waals surface area contributed by atoms with Crippen LogP contribution in [0.4, 0.5) is 4.39 Å². The number of pyridine rings is 1. The molecule has 0 unspecified atom stereocenters. The van der Waals surface area contributed by atoms with Crippen molar-refractivity contribution in [1.29, 1.82) is 0 Å². The lowest BCUT2D eigenvalue weighted by Crippen LogP contribution is -2.32. The lowest BCUT2D eigenvalue weighted by Gasteiger charge is -2.24. The summed E-state index contributed by atoms with van der Waals surface area (Å²) < 4.78 is 20.1. The minimum Gasteiger partial charge on any atom is -0.506 e. The number of fused-ring (bicyclic) bond motifs is 1. The minimum absolute atomic E-state index is 0.00354. The van der Waals surface area contributed by atoms with Crippen LogP contribution >= 0.6 is 0 Å². The third-order valence-electron chi connectivity index (χ3n) is 6.07. The zero-order valence-electron chi connectivity index (χ0n) is 16.2. The van der Waals surface area contributed by atoms with Crippen LogP contribution in [0, 0.1) is 24.1 Å². The average Bonchev–Trinajstić information content (AvgIpc) is 3.08. The molecule has 1 saturated heterocycles. The predicted octanol–water partition coefficient (Wildman–Crippen LogP) is 3.60. The number of Topliss-reactive ketones (excluding diaryl/α,β-unsaturated/α-hetero) is 1. The van der Waals surface area contributed by atoms with Crippen LogP contribution in [0.5, 0.6) is 11.5 Å². The van der Waals surface area contributed by atoms with Crippen molar-refractivity contribution in [3.63, 3.8) is 0 Å². The molecule has 2 aromatic rings. The Bertz CT molecular complexity index is 886. The smallest absolute Gasteiger partial charge is 0.195 e. The second-order valence-corrected chi connectivity index (χ2v) is 8.46. The highest BCUT2D eigenvalue weighted by Gasteiger charge is 2.50. The zero-order valence-corrected chi connectivity index (χ0v) is 16.2. The van der Waals surface area contributed by atoms with E-state index >= 15 is 0 Å². The zero-order chi connectivity index (χ0) is 19.9. The summed E-state index contributed by atoms with van der Waals surface area (Å²) in [5.74, 6) is 0.445. The van der Waals surface area contributed by atoms with Gasteiger partial charge in [-0.3, -0.25) is 9.69 Å². The average molecular weight is 384 g/mol. The van der Waals surface area contributed by atoms with Gasteiger partial charge < -0.3 is 9.84 Å². The van der Waals surface area contributed by atoms with Gasteiger partial charge in [-0.25, -0.2) is 9.37 Å². The summed E-state index contributed by atoms with van der Waals surface area (Å²) in [5, 5.41) is 9.31. The summed E-state index contributed by atoms with van der Waals surface area (Å²) >= 11 is 0. The number of aromatic hydroxyl groups is 1. The number of hydrogen-bond acceptors (Lipinski definition) is 5. The van der Waals surface area contributed by atoms with Gasteiger partial charge in [0.05, 0.1) is 18.8 Å². The molecular weight excluding hydrogens is 359 g/mol. The van der Waals surface area contributed by atoms with Gasteiger partial charge in [0.15, 0.2) is 17.3 Å². The number of ether oxygens (including phenoxy) is 1. The summed E-state index contributed by atoms with van der Waals surface area (Å²) in [6.45, 7) is 6.06. The van der Waals surface area contributed by atoms with Crippen LogP contribution in [0.25, 0.3) is 0 Å². The van der Waals surface area contributed by atoms with Gasteiger partial charge in [0, 0.05) is 13.1 Å². The van der Waals surface area contributed by atoms with E-state index in [1.165, 1.54) is 18.3 Å². The number of hydrogen-bond donors (Lipinski definition) is 1. The molecule has 1 N–H and O–H groups in total. The van der Waals surface area contributed by atoms with Crippen molar-refractivity contribution in [2.45, 2.75) is 32.8 Å². The van der Waals surface area contributed by atoms with Crippen LogP contribution in [0.3, 0.4) is 0 Å². The molecular formula is C22H25FN2O3. The normalized spacial score (nSPS) is 27.0. The fourth-order valence-electron chi connectivity index (χ4n) is 4.67. The first-order valence-electron chi connectivity index (χ1n) is 9.66. The number of ketones is 1. The van der Waals surface area contributed by atoms with E-state index in [0.717, 1.165) is 31.5 Å². The van der Waals surface area contributed by atoms with Gasteiger partial charge in [0.1, 0.15) is 11.4 Å². The molecule has 1 aliphatic heterocycles. The third-order valence-corrected chi connectivity index (χ3v) is 6.07. The van der Waals surface area contributed by atoms with E-state index in [1.807, 2.05) is 13.0 Å². The molecule has 1 aromatic heterocycles. The molecule has 0 amide bonds. The predicted molar refractivity (Wildman–Crippen MR) is 103 cm³/mol. The standard InChI is InChI=1S/C22H25FN2O3/c1-14-3-6-21(18(23)7-14)28-17-8-15-11-25(13-22(15,2)9-17)12-20(27)19-5-4-16(26)10-24-19/h3-7,10,15,17,26H,8-9,11-13H2,1-2H3/t15-,17+,22+/m1/s1. The number of rotatable bonds is 5. The molecule has 5 nitrogen and oxygen atoms in total. The Morgan fingerprint density at radius 2 is 2.21 bits per heavy atom. The molecule has 1 saturated carbocycles. The maximum atomic E-state index is 14.1. The first-order chi connectivity index (χ1) is 13.3. The number of halogens is 1. The summed E-state index contributed by atoms with van der Waals surface area (Å²) in [5.41, 5.74) is 1.31. The Morgan fingerprint density at radius 3 is 2.89 bits per heavy atom. The van der Waals surface area contributed by atoms with Crippen LogP contribution in [0.1, 0.15) is 35.8 Å². The monoisotopic (exact) mass is 384 g/mol. The van der Waals surface area contributed by atoms with Gasteiger partial charge in [0.2, 0.25) is 0 Å². The van der Waals surface area contributed by atoms with Crippen LogP contribution in [-0.4, -0.2) is 46.5 Å². The van der Waals surface area contributed by atoms with Gasteiger partial charge in [-0.2, -0.15) is 0 Å². The van der Waals surface area contributed by atoms with Crippen LogP contribution in [-0.2, 0) is 0 Å². The third kappa shape index (κ3) is 3.74. The molecule has 1 aromatic carbocycles. The topological polar surface area (TPSA) is 62.7 Å². The molecule has 0 bridgehead atoms. The number of likely N-dealkylation sites (tertiary alicyclic amines) is 1. The summed E-state index contributed by atoms with van der Waals surface area (Å²) in [7, 11) is 0. The maximum absolute atomic E-state index is 14.1. The molecule has 148 valence electrons.